The first-order valence-corrected chi connectivity index (χ1v) is 9.05. The van der Waals surface area contributed by atoms with Crippen molar-refractivity contribution in [1.82, 2.24) is 34.4 Å². The van der Waals surface area contributed by atoms with Gasteiger partial charge >= 0.3 is 0 Å². The minimum Gasteiger partial charge on any atom is -0.480 e. The van der Waals surface area contributed by atoms with Crippen LogP contribution in [0.3, 0.4) is 0 Å². The van der Waals surface area contributed by atoms with Crippen LogP contribution < -0.4 is 9.64 Å². The molecule has 4 aromatic rings. The Morgan fingerprint density at radius 2 is 1.96 bits per heavy atom. The molecule has 0 unspecified atom stereocenters. The number of aromatic nitrogens is 7. The average Bonchev–Trinajstić information content (AvgIpc) is 3.29. The SMILES string of the molecule is COc1ccc2nnc(C3CCN(c4nccn5nc(C)cc45)CC3)n2n1. The molecule has 1 aliphatic rings. The number of methoxy groups -OCH3 is 1. The summed E-state index contributed by atoms with van der Waals surface area (Å²) >= 11 is 0. The van der Waals surface area contributed by atoms with Crippen molar-refractivity contribution in [2.45, 2.75) is 25.7 Å². The van der Waals surface area contributed by atoms with Crippen LogP contribution in [0.4, 0.5) is 5.82 Å². The summed E-state index contributed by atoms with van der Waals surface area (Å²) in [6, 6.07) is 5.76. The molecule has 5 heterocycles. The summed E-state index contributed by atoms with van der Waals surface area (Å²) in [5, 5.41) is 17.6. The topological polar surface area (TPSA) is 85.7 Å². The van der Waals surface area contributed by atoms with E-state index in [9.17, 15) is 0 Å². The smallest absolute Gasteiger partial charge is 0.231 e. The van der Waals surface area contributed by atoms with Gasteiger partial charge in [-0.3, -0.25) is 0 Å². The molecule has 27 heavy (non-hydrogen) atoms. The molecule has 5 rings (SSSR count). The highest BCUT2D eigenvalue weighted by Gasteiger charge is 2.27. The first-order valence-electron chi connectivity index (χ1n) is 9.05. The van der Waals surface area contributed by atoms with Crippen molar-refractivity contribution in [3.63, 3.8) is 0 Å². The predicted octanol–water partition coefficient (Wildman–Crippen LogP) is 1.87. The van der Waals surface area contributed by atoms with Crippen molar-refractivity contribution in [3.05, 3.63) is 42.1 Å². The molecular weight excluding hydrogens is 344 g/mol. The van der Waals surface area contributed by atoms with Crippen LogP contribution in [0.2, 0.25) is 0 Å². The highest BCUT2D eigenvalue weighted by molar-refractivity contribution is 5.69. The van der Waals surface area contributed by atoms with Crippen LogP contribution in [0.5, 0.6) is 5.88 Å². The number of fused-ring (bicyclic) bond motifs is 2. The molecule has 1 saturated heterocycles. The molecule has 0 N–H and O–H groups in total. The fraction of sp³-hybridized carbons (Fsp3) is 0.389. The molecule has 0 radical (unpaired) electrons. The number of hydrogen-bond donors (Lipinski definition) is 0. The summed E-state index contributed by atoms with van der Waals surface area (Å²) in [5.41, 5.74) is 2.79. The van der Waals surface area contributed by atoms with Crippen LogP contribution in [0, 0.1) is 6.92 Å². The summed E-state index contributed by atoms with van der Waals surface area (Å²) in [4.78, 5) is 6.93. The zero-order valence-electron chi connectivity index (χ0n) is 15.3. The van der Waals surface area contributed by atoms with Gasteiger partial charge < -0.3 is 9.64 Å². The van der Waals surface area contributed by atoms with Crippen LogP contribution in [0.1, 0.15) is 30.3 Å². The van der Waals surface area contributed by atoms with Gasteiger partial charge in [0.25, 0.3) is 0 Å². The molecular formula is C18H20N8O. The standard InChI is InChI=1S/C18H20N8O/c1-12-11-14-18(19-7-10-25(14)22-12)24-8-5-13(6-9-24)17-21-20-15-3-4-16(27-2)23-26(15)17/h3-4,7,10-11,13H,5-6,8-9H2,1-2H3. The Labute approximate surface area is 155 Å². The maximum Gasteiger partial charge on any atom is 0.231 e. The molecule has 1 fully saturated rings. The first-order chi connectivity index (χ1) is 13.2. The minimum atomic E-state index is 0.308. The van der Waals surface area contributed by atoms with Gasteiger partial charge in [0, 0.05) is 37.5 Å². The molecule has 138 valence electrons. The molecule has 9 heteroatoms. The van der Waals surface area contributed by atoms with Crippen LogP contribution >= 0.6 is 0 Å². The van der Waals surface area contributed by atoms with Crippen molar-refractivity contribution in [2.75, 3.05) is 25.1 Å². The van der Waals surface area contributed by atoms with E-state index in [0.29, 0.717) is 11.8 Å². The molecule has 9 nitrogen and oxygen atoms in total. The van der Waals surface area contributed by atoms with E-state index in [2.05, 4.69) is 36.3 Å². The molecule has 0 aliphatic carbocycles. The van der Waals surface area contributed by atoms with Crippen LogP contribution in [-0.4, -0.2) is 54.6 Å². The zero-order valence-corrected chi connectivity index (χ0v) is 15.3. The predicted molar refractivity (Wildman–Crippen MR) is 99.2 cm³/mol. The largest absolute Gasteiger partial charge is 0.480 e. The Hall–Kier alpha value is -3.23. The summed E-state index contributed by atoms with van der Waals surface area (Å²) in [6.07, 6.45) is 5.63. The lowest BCUT2D eigenvalue weighted by Crippen LogP contribution is -2.34. The Morgan fingerprint density at radius 3 is 2.78 bits per heavy atom. The van der Waals surface area contributed by atoms with E-state index in [-0.39, 0.29) is 0 Å². The monoisotopic (exact) mass is 364 g/mol. The first kappa shape index (κ1) is 16.0. The average molecular weight is 364 g/mol. The third-order valence-electron chi connectivity index (χ3n) is 5.12. The number of nitrogens with zero attached hydrogens (tertiary/aromatic N) is 8. The van der Waals surface area contributed by atoms with Gasteiger partial charge in [-0.25, -0.2) is 9.50 Å². The van der Waals surface area contributed by atoms with E-state index in [4.69, 9.17) is 4.74 Å². The Kier molecular flexibility index (Phi) is 3.66. The van der Waals surface area contributed by atoms with Gasteiger partial charge in [-0.05, 0) is 31.9 Å². The summed E-state index contributed by atoms with van der Waals surface area (Å²) in [6.45, 7) is 3.81. The maximum absolute atomic E-state index is 5.24. The quantitative estimate of drug-likeness (QED) is 0.548. The summed E-state index contributed by atoms with van der Waals surface area (Å²) in [7, 11) is 1.61. The van der Waals surface area contributed by atoms with Gasteiger partial charge in [0.15, 0.2) is 17.3 Å². The molecule has 0 spiro atoms. The number of piperidine rings is 1. The molecule has 0 aromatic carbocycles. The van der Waals surface area contributed by atoms with E-state index in [1.807, 2.05) is 29.9 Å². The Morgan fingerprint density at radius 1 is 1.11 bits per heavy atom. The third-order valence-corrected chi connectivity index (χ3v) is 5.12. The molecule has 0 atom stereocenters. The molecule has 1 aliphatic heterocycles. The van der Waals surface area contributed by atoms with E-state index in [1.54, 1.807) is 17.7 Å². The van der Waals surface area contributed by atoms with E-state index in [0.717, 1.165) is 54.4 Å². The normalized spacial score (nSPS) is 15.7. The molecule has 0 saturated carbocycles. The minimum absolute atomic E-state index is 0.308. The van der Waals surface area contributed by atoms with Crippen molar-refractivity contribution in [3.8, 4) is 5.88 Å². The number of ether oxygens (including phenoxy) is 1. The van der Waals surface area contributed by atoms with E-state index < -0.39 is 0 Å². The molecule has 0 amide bonds. The van der Waals surface area contributed by atoms with Crippen LogP contribution in [0.15, 0.2) is 30.6 Å². The van der Waals surface area contributed by atoms with Crippen molar-refractivity contribution >= 4 is 17.0 Å². The number of hydrogen-bond acceptors (Lipinski definition) is 7. The van der Waals surface area contributed by atoms with Crippen molar-refractivity contribution in [1.29, 1.82) is 0 Å². The second kappa shape index (κ2) is 6.19. The molecule has 4 aromatic heterocycles. The lowest BCUT2D eigenvalue weighted by molar-refractivity contribution is 0.387. The van der Waals surface area contributed by atoms with E-state index in [1.165, 1.54) is 0 Å². The third kappa shape index (κ3) is 2.66. The van der Waals surface area contributed by atoms with Gasteiger partial charge in [-0.1, -0.05) is 0 Å². The fourth-order valence-electron chi connectivity index (χ4n) is 3.78. The van der Waals surface area contributed by atoms with Gasteiger partial charge in [0.2, 0.25) is 5.88 Å². The van der Waals surface area contributed by atoms with Gasteiger partial charge in [0.05, 0.1) is 12.8 Å². The number of anilines is 1. The highest BCUT2D eigenvalue weighted by Crippen LogP contribution is 2.30. The fourth-order valence-corrected chi connectivity index (χ4v) is 3.78. The van der Waals surface area contributed by atoms with Crippen LogP contribution in [0.25, 0.3) is 11.2 Å². The van der Waals surface area contributed by atoms with Crippen molar-refractivity contribution < 1.29 is 4.74 Å². The lowest BCUT2D eigenvalue weighted by Gasteiger charge is -2.32. The van der Waals surface area contributed by atoms with Gasteiger partial charge in [-0.2, -0.15) is 9.61 Å². The van der Waals surface area contributed by atoms with Crippen LogP contribution in [-0.2, 0) is 0 Å². The second-order valence-corrected chi connectivity index (χ2v) is 6.83. The number of aryl methyl sites for hydroxylation is 1. The Bertz CT molecular complexity index is 1110. The highest BCUT2D eigenvalue weighted by atomic mass is 16.5. The summed E-state index contributed by atoms with van der Waals surface area (Å²) in [5.74, 6) is 2.76. The zero-order chi connectivity index (χ0) is 18.4. The second-order valence-electron chi connectivity index (χ2n) is 6.83. The van der Waals surface area contributed by atoms with Crippen molar-refractivity contribution in [2.24, 2.45) is 0 Å². The number of rotatable bonds is 3. The lowest BCUT2D eigenvalue weighted by atomic mass is 9.96. The summed E-state index contributed by atoms with van der Waals surface area (Å²) < 4.78 is 8.94. The van der Waals surface area contributed by atoms with Gasteiger partial charge in [0.1, 0.15) is 5.52 Å². The van der Waals surface area contributed by atoms with Gasteiger partial charge in [-0.15, -0.1) is 15.3 Å². The molecule has 0 bridgehead atoms. The maximum atomic E-state index is 5.24. The Balaban J connectivity index is 1.40. The van der Waals surface area contributed by atoms with E-state index >= 15 is 0 Å².